The Kier molecular flexibility index (Phi) is 7.28. The molecule has 0 bridgehead atoms. The van der Waals surface area contributed by atoms with Gasteiger partial charge in [0.05, 0.1) is 18.2 Å². The topological polar surface area (TPSA) is 111 Å². The summed E-state index contributed by atoms with van der Waals surface area (Å²) in [6.45, 7) is 6.12. The Morgan fingerprint density at radius 3 is 2.76 bits per heavy atom. The molecule has 0 atom stereocenters. The highest BCUT2D eigenvalue weighted by molar-refractivity contribution is 7.99. The van der Waals surface area contributed by atoms with Crippen LogP contribution in [0.15, 0.2) is 57.3 Å². The average Bonchev–Trinajstić information content (AvgIpc) is 3.41. The maximum Gasteiger partial charge on any atom is 0.240 e. The second-order valence-corrected chi connectivity index (χ2v) is 6.85. The van der Waals surface area contributed by atoms with E-state index in [1.165, 1.54) is 18.0 Å². The Morgan fingerprint density at radius 2 is 2.07 bits per heavy atom. The number of nitrogens with zero attached hydrogens (tertiary/aromatic N) is 4. The average molecular weight is 414 g/mol. The number of hydrogen-bond donors (Lipinski definition) is 3. The van der Waals surface area contributed by atoms with Crippen molar-refractivity contribution in [2.24, 2.45) is 5.10 Å². The number of hydrogen-bond acceptors (Lipinski definition) is 8. The third-order valence-electron chi connectivity index (χ3n) is 3.98. The molecule has 0 spiro atoms. The van der Waals surface area contributed by atoms with E-state index in [9.17, 15) is 4.79 Å². The molecule has 0 aliphatic carbocycles. The molecule has 2 heterocycles. The first-order chi connectivity index (χ1) is 14.2. The van der Waals surface area contributed by atoms with Gasteiger partial charge in [-0.1, -0.05) is 11.8 Å². The lowest BCUT2D eigenvalue weighted by Crippen LogP contribution is -2.21. The quantitative estimate of drug-likeness (QED) is 0.265. The van der Waals surface area contributed by atoms with Crippen LogP contribution in [0.2, 0.25) is 0 Å². The zero-order valence-electron chi connectivity index (χ0n) is 16.3. The number of thioether (sulfide) groups is 1. The van der Waals surface area contributed by atoms with Crippen LogP contribution in [0.3, 0.4) is 0 Å². The van der Waals surface area contributed by atoms with Crippen molar-refractivity contribution in [2.75, 3.05) is 34.5 Å². The van der Waals surface area contributed by atoms with Crippen molar-refractivity contribution in [3.63, 3.8) is 0 Å². The molecule has 0 aliphatic rings. The molecule has 0 fully saturated rings. The molecule has 1 amide bonds. The van der Waals surface area contributed by atoms with Crippen molar-refractivity contribution in [1.82, 2.24) is 15.2 Å². The van der Waals surface area contributed by atoms with Gasteiger partial charge >= 0.3 is 0 Å². The molecule has 0 radical (unpaired) electrons. The van der Waals surface area contributed by atoms with E-state index >= 15 is 0 Å². The monoisotopic (exact) mass is 413 g/mol. The van der Waals surface area contributed by atoms with Crippen molar-refractivity contribution in [2.45, 2.75) is 19.0 Å². The molecule has 0 unspecified atom stereocenters. The molecule has 1 aromatic carbocycles. The maximum absolute atomic E-state index is 12.2. The van der Waals surface area contributed by atoms with Gasteiger partial charge in [0.25, 0.3) is 0 Å². The van der Waals surface area contributed by atoms with E-state index in [1.807, 2.05) is 24.3 Å². The number of benzene rings is 1. The fourth-order valence-corrected chi connectivity index (χ4v) is 3.15. The number of aromatic nitrogens is 3. The number of hydrazone groups is 1. The number of furan rings is 1. The third kappa shape index (κ3) is 6.11. The summed E-state index contributed by atoms with van der Waals surface area (Å²) >= 11 is 1.23. The maximum atomic E-state index is 12.2. The lowest BCUT2D eigenvalue weighted by Gasteiger charge is -2.21. The van der Waals surface area contributed by atoms with E-state index < -0.39 is 0 Å². The minimum absolute atomic E-state index is 0.124. The molecule has 0 aliphatic heterocycles. The number of rotatable bonds is 10. The molecule has 2 aromatic heterocycles. The molecule has 0 saturated carbocycles. The molecular formula is C19H23N7O2S. The largest absolute Gasteiger partial charge is 0.463 e. The van der Waals surface area contributed by atoms with E-state index in [1.54, 1.807) is 18.4 Å². The normalized spacial score (nSPS) is 11.0. The SMILES string of the molecule is CCN(CC)c1ccc(NC(=O)CSc2n[nH]c(N/N=C\c3ccco3)n2)cc1. The number of nitrogens with one attached hydrogen (secondary N) is 3. The highest BCUT2D eigenvalue weighted by Crippen LogP contribution is 2.19. The van der Waals surface area contributed by atoms with Crippen molar-refractivity contribution < 1.29 is 9.21 Å². The zero-order chi connectivity index (χ0) is 20.5. The summed E-state index contributed by atoms with van der Waals surface area (Å²) in [4.78, 5) is 18.6. The summed E-state index contributed by atoms with van der Waals surface area (Å²) in [5, 5.41) is 14.1. The van der Waals surface area contributed by atoms with E-state index in [0.29, 0.717) is 16.9 Å². The van der Waals surface area contributed by atoms with Crippen LogP contribution >= 0.6 is 11.8 Å². The number of aromatic amines is 1. The molecule has 3 aromatic rings. The zero-order valence-corrected chi connectivity index (χ0v) is 17.1. The van der Waals surface area contributed by atoms with Crippen LogP contribution in [0, 0.1) is 0 Å². The first-order valence-electron chi connectivity index (χ1n) is 9.20. The first kappa shape index (κ1) is 20.5. The lowest BCUT2D eigenvalue weighted by atomic mass is 10.2. The summed E-state index contributed by atoms with van der Waals surface area (Å²) in [5.74, 6) is 1.07. The minimum atomic E-state index is -0.124. The number of carbonyl (C=O) groups is 1. The molecular weight excluding hydrogens is 390 g/mol. The Hall–Kier alpha value is -3.27. The van der Waals surface area contributed by atoms with Gasteiger partial charge < -0.3 is 14.6 Å². The van der Waals surface area contributed by atoms with E-state index in [2.05, 4.69) is 49.8 Å². The predicted octanol–water partition coefficient (Wildman–Crippen LogP) is 3.42. The summed E-state index contributed by atoms with van der Waals surface area (Å²) in [6, 6.07) is 11.4. The van der Waals surface area contributed by atoms with Gasteiger partial charge in [0.15, 0.2) is 0 Å². The number of H-pyrrole nitrogens is 1. The van der Waals surface area contributed by atoms with Crippen molar-refractivity contribution in [1.29, 1.82) is 0 Å². The summed E-state index contributed by atoms with van der Waals surface area (Å²) in [5.41, 5.74) is 4.61. The Morgan fingerprint density at radius 1 is 1.28 bits per heavy atom. The van der Waals surface area contributed by atoms with E-state index in [0.717, 1.165) is 24.5 Å². The standard InChI is InChI=1S/C19H23N7O2S/c1-3-26(4-2)15-9-7-14(8-10-15)21-17(27)13-29-19-22-18(24-25-19)23-20-12-16-6-5-11-28-16/h5-12H,3-4,13H2,1-2H3,(H,21,27)(H2,22,23,24,25)/b20-12-. The van der Waals surface area contributed by atoms with Crippen LogP contribution in [0.25, 0.3) is 0 Å². The first-order valence-corrected chi connectivity index (χ1v) is 10.2. The van der Waals surface area contributed by atoms with Crippen LogP contribution in [0.5, 0.6) is 0 Å². The highest BCUT2D eigenvalue weighted by Gasteiger charge is 2.08. The van der Waals surface area contributed by atoms with Crippen LogP contribution < -0.4 is 15.6 Å². The third-order valence-corrected chi connectivity index (χ3v) is 4.83. The molecule has 152 valence electrons. The number of carbonyl (C=O) groups excluding carboxylic acids is 1. The van der Waals surface area contributed by atoms with Crippen molar-refractivity contribution in [3.05, 3.63) is 48.4 Å². The summed E-state index contributed by atoms with van der Waals surface area (Å²) in [7, 11) is 0. The smallest absolute Gasteiger partial charge is 0.240 e. The molecule has 10 heteroatoms. The van der Waals surface area contributed by atoms with Crippen molar-refractivity contribution in [3.8, 4) is 0 Å². The second-order valence-electron chi connectivity index (χ2n) is 5.91. The van der Waals surface area contributed by atoms with Gasteiger partial charge in [-0.3, -0.25) is 4.79 Å². The van der Waals surface area contributed by atoms with Crippen LogP contribution in [0.4, 0.5) is 17.3 Å². The van der Waals surface area contributed by atoms with Crippen LogP contribution in [-0.2, 0) is 4.79 Å². The number of anilines is 3. The molecule has 3 N–H and O–H groups in total. The van der Waals surface area contributed by atoms with Gasteiger partial charge in [0.2, 0.25) is 17.0 Å². The van der Waals surface area contributed by atoms with Gasteiger partial charge in [-0.05, 0) is 50.2 Å². The van der Waals surface area contributed by atoms with Crippen LogP contribution in [-0.4, -0.2) is 46.1 Å². The van der Waals surface area contributed by atoms with Crippen molar-refractivity contribution >= 4 is 41.2 Å². The second kappa shape index (κ2) is 10.3. The molecule has 29 heavy (non-hydrogen) atoms. The summed E-state index contributed by atoms with van der Waals surface area (Å²) < 4.78 is 5.13. The molecule has 9 nitrogen and oxygen atoms in total. The van der Waals surface area contributed by atoms with Crippen LogP contribution in [0.1, 0.15) is 19.6 Å². The van der Waals surface area contributed by atoms with E-state index in [4.69, 9.17) is 4.42 Å². The minimum Gasteiger partial charge on any atom is -0.463 e. The van der Waals surface area contributed by atoms with Gasteiger partial charge in [0, 0.05) is 24.5 Å². The van der Waals surface area contributed by atoms with E-state index in [-0.39, 0.29) is 11.7 Å². The fraction of sp³-hybridized carbons (Fsp3) is 0.263. The van der Waals surface area contributed by atoms with Gasteiger partial charge in [-0.25, -0.2) is 10.5 Å². The molecule has 3 rings (SSSR count). The van der Waals surface area contributed by atoms with Gasteiger partial charge in [-0.2, -0.15) is 10.1 Å². The fourth-order valence-electron chi connectivity index (χ4n) is 2.55. The van der Waals surface area contributed by atoms with Gasteiger partial charge in [0.1, 0.15) is 5.76 Å². The summed E-state index contributed by atoms with van der Waals surface area (Å²) in [6.07, 6.45) is 3.09. The van der Waals surface area contributed by atoms with Gasteiger partial charge in [-0.15, -0.1) is 5.10 Å². The Bertz CT molecular complexity index is 918. The molecule has 0 saturated heterocycles. The lowest BCUT2D eigenvalue weighted by molar-refractivity contribution is -0.113. The highest BCUT2D eigenvalue weighted by atomic mass is 32.2. The number of amides is 1. The Balaban J connectivity index is 1.44. The Labute approximate surface area is 173 Å². The predicted molar refractivity (Wildman–Crippen MR) is 116 cm³/mol.